The first kappa shape index (κ1) is 6.99. The zero-order valence-electron chi connectivity index (χ0n) is 6.09. The smallest absolute Gasteiger partial charge is 0.235 e. The zero-order valence-corrected chi connectivity index (χ0v) is 6.09. The van der Waals surface area contributed by atoms with Crippen molar-refractivity contribution in [3.63, 3.8) is 0 Å². The van der Waals surface area contributed by atoms with Crippen LogP contribution in [-0.4, -0.2) is 16.6 Å². The highest BCUT2D eigenvalue weighted by Crippen LogP contribution is 2.07. The van der Waals surface area contributed by atoms with E-state index in [1.54, 1.807) is 0 Å². The van der Waals surface area contributed by atoms with Crippen LogP contribution >= 0.6 is 0 Å². The molecule has 1 aromatic heterocycles. The summed E-state index contributed by atoms with van der Waals surface area (Å²) in [5, 5.41) is 0. The van der Waals surface area contributed by atoms with E-state index in [-0.39, 0.29) is 0 Å². The van der Waals surface area contributed by atoms with Crippen molar-refractivity contribution in [2.24, 2.45) is 0 Å². The van der Waals surface area contributed by atoms with Crippen molar-refractivity contribution < 1.29 is 4.74 Å². The first-order valence-corrected chi connectivity index (χ1v) is 3.17. The average Bonchev–Trinajstić information content (AvgIpc) is 1.94. The Morgan fingerprint density at radius 1 is 1.70 bits per heavy atom. The molecule has 0 spiro atoms. The Labute approximate surface area is 60.1 Å². The van der Waals surface area contributed by atoms with Crippen molar-refractivity contribution in [2.45, 2.75) is 13.8 Å². The molecule has 0 atom stereocenters. The average molecular weight is 137 g/mol. The molecule has 0 amide bonds. The number of hydrogen-bond donors (Lipinski definition) is 0. The topological polar surface area (TPSA) is 35.0 Å². The second-order valence-electron chi connectivity index (χ2n) is 1.82. The SMILES string of the molecule is CCOc1n[c]cnc1C. The van der Waals surface area contributed by atoms with Crippen LogP contribution in [0.5, 0.6) is 5.88 Å². The molecular weight excluding hydrogens is 128 g/mol. The van der Waals surface area contributed by atoms with Crippen LogP contribution in [0, 0.1) is 13.1 Å². The van der Waals surface area contributed by atoms with E-state index in [2.05, 4.69) is 16.2 Å². The van der Waals surface area contributed by atoms with Crippen LogP contribution in [0.15, 0.2) is 6.20 Å². The Morgan fingerprint density at radius 2 is 2.50 bits per heavy atom. The van der Waals surface area contributed by atoms with Gasteiger partial charge in [-0.15, -0.1) is 0 Å². The van der Waals surface area contributed by atoms with Gasteiger partial charge in [-0.2, -0.15) is 0 Å². The maximum atomic E-state index is 5.13. The molecule has 1 heterocycles. The Balaban J connectivity index is 2.81. The van der Waals surface area contributed by atoms with Gasteiger partial charge in [0.25, 0.3) is 0 Å². The molecule has 0 aliphatic rings. The van der Waals surface area contributed by atoms with Crippen LogP contribution in [0.1, 0.15) is 12.6 Å². The molecule has 0 saturated carbocycles. The van der Waals surface area contributed by atoms with Crippen LogP contribution in [0.2, 0.25) is 0 Å². The van der Waals surface area contributed by atoms with Gasteiger partial charge < -0.3 is 4.74 Å². The molecule has 0 unspecified atom stereocenters. The van der Waals surface area contributed by atoms with Crippen LogP contribution in [-0.2, 0) is 0 Å². The van der Waals surface area contributed by atoms with Gasteiger partial charge in [-0.05, 0) is 13.8 Å². The minimum absolute atomic E-state index is 0.574. The highest BCUT2D eigenvalue weighted by Gasteiger charge is 1.97. The maximum Gasteiger partial charge on any atom is 0.235 e. The number of ether oxygens (including phenoxy) is 1. The lowest BCUT2D eigenvalue weighted by Gasteiger charge is -2.01. The summed E-state index contributed by atoms with van der Waals surface area (Å²) in [6, 6.07) is 0. The molecule has 1 radical (unpaired) electrons. The van der Waals surface area contributed by atoms with Crippen molar-refractivity contribution in [1.82, 2.24) is 9.97 Å². The Morgan fingerprint density at radius 3 is 3.10 bits per heavy atom. The van der Waals surface area contributed by atoms with Gasteiger partial charge in [0.15, 0.2) is 0 Å². The molecule has 3 nitrogen and oxygen atoms in total. The lowest BCUT2D eigenvalue weighted by Crippen LogP contribution is -1.97. The summed E-state index contributed by atoms with van der Waals surface area (Å²) in [4.78, 5) is 7.81. The Hall–Kier alpha value is -1.12. The third-order valence-corrected chi connectivity index (χ3v) is 1.07. The lowest BCUT2D eigenvalue weighted by molar-refractivity contribution is 0.322. The summed E-state index contributed by atoms with van der Waals surface area (Å²) >= 11 is 0. The van der Waals surface area contributed by atoms with Crippen LogP contribution in [0.25, 0.3) is 0 Å². The van der Waals surface area contributed by atoms with Crippen LogP contribution in [0.3, 0.4) is 0 Å². The van der Waals surface area contributed by atoms with E-state index in [1.807, 2.05) is 13.8 Å². The van der Waals surface area contributed by atoms with Gasteiger partial charge in [-0.3, -0.25) is 4.98 Å². The van der Waals surface area contributed by atoms with E-state index in [0.29, 0.717) is 12.5 Å². The van der Waals surface area contributed by atoms with Gasteiger partial charge in [0.1, 0.15) is 6.20 Å². The molecule has 0 fully saturated rings. The molecule has 1 rings (SSSR count). The van der Waals surface area contributed by atoms with Gasteiger partial charge in [0.05, 0.1) is 18.5 Å². The summed E-state index contributed by atoms with van der Waals surface area (Å²) in [5.74, 6) is 0.574. The lowest BCUT2D eigenvalue weighted by atomic mass is 10.5. The Kier molecular flexibility index (Phi) is 2.20. The van der Waals surface area contributed by atoms with Gasteiger partial charge in [-0.25, -0.2) is 4.98 Å². The maximum absolute atomic E-state index is 5.13. The van der Waals surface area contributed by atoms with Crippen LogP contribution < -0.4 is 4.74 Å². The van der Waals surface area contributed by atoms with E-state index in [4.69, 9.17) is 4.74 Å². The van der Waals surface area contributed by atoms with Crippen molar-refractivity contribution in [1.29, 1.82) is 0 Å². The molecule has 0 aliphatic carbocycles. The fourth-order valence-corrected chi connectivity index (χ4v) is 0.623. The predicted octanol–water partition coefficient (Wildman–Crippen LogP) is 0.984. The van der Waals surface area contributed by atoms with Crippen LogP contribution in [0.4, 0.5) is 0 Å². The zero-order chi connectivity index (χ0) is 7.40. The molecule has 1 aromatic rings. The van der Waals surface area contributed by atoms with Gasteiger partial charge in [-0.1, -0.05) is 0 Å². The molecule has 0 bridgehead atoms. The second kappa shape index (κ2) is 3.15. The predicted molar refractivity (Wildman–Crippen MR) is 36.8 cm³/mol. The first-order valence-electron chi connectivity index (χ1n) is 3.17. The highest BCUT2D eigenvalue weighted by molar-refractivity contribution is 5.14. The fourth-order valence-electron chi connectivity index (χ4n) is 0.623. The number of nitrogens with zero attached hydrogens (tertiary/aromatic N) is 2. The van der Waals surface area contributed by atoms with Crippen molar-refractivity contribution in [2.75, 3.05) is 6.61 Å². The van der Waals surface area contributed by atoms with E-state index < -0.39 is 0 Å². The summed E-state index contributed by atoms with van der Waals surface area (Å²) in [6.07, 6.45) is 4.13. The largest absolute Gasteiger partial charge is 0.477 e. The normalized spacial score (nSPS) is 9.40. The number of hydrogen-bond acceptors (Lipinski definition) is 3. The second-order valence-corrected chi connectivity index (χ2v) is 1.82. The van der Waals surface area contributed by atoms with Gasteiger partial charge in [0, 0.05) is 0 Å². The minimum atomic E-state index is 0.574. The van der Waals surface area contributed by atoms with Crippen molar-refractivity contribution in [3.8, 4) is 5.88 Å². The number of rotatable bonds is 2. The molecule has 0 saturated heterocycles. The van der Waals surface area contributed by atoms with Gasteiger partial charge >= 0.3 is 0 Å². The Bertz CT molecular complexity index is 213. The highest BCUT2D eigenvalue weighted by atomic mass is 16.5. The first-order chi connectivity index (χ1) is 4.84. The van der Waals surface area contributed by atoms with Crippen molar-refractivity contribution in [3.05, 3.63) is 18.1 Å². The molecule has 0 aromatic carbocycles. The minimum Gasteiger partial charge on any atom is -0.477 e. The van der Waals surface area contributed by atoms with E-state index in [0.717, 1.165) is 5.69 Å². The number of aromatic nitrogens is 2. The standard InChI is InChI=1S/C7H9N2O/c1-3-10-7-6(2)8-4-5-9-7/h4H,3H2,1-2H3. The van der Waals surface area contributed by atoms with E-state index in [9.17, 15) is 0 Å². The van der Waals surface area contributed by atoms with E-state index in [1.165, 1.54) is 6.20 Å². The van der Waals surface area contributed by atoms with Crippen molar-refractivity contribution >= 4 is 0 Å². The molecule has 3 heteroatoms. The van der Waals surface area contributed by atoms with E-state index >= 15 is 0 Å². The third kappa shape index (κ3) is 1.43. The molecule has 0 N–H and O–H groups in total. The number of aryl methyl sites for hydroxylation is 1. The molecular formula is C7H9N2O. The molecule has 53 valence electrons. The molecule has 10 heavy (non-hydrogen) atoms. The summed E-state index contributed by atoms with van der Waals surface area (Å²) in [5.41, 5.74) is 0.806. The summed E-state index contributed by atoms with van der Waals surface area (Å²) < 4.78 is 5.13. The third-order valence-electron chi connectivity index (χ3n) is 1.07. The fraction of sp³-hybridized carbons (Fsp3) is 0.429. The summed E-state index contributed by atoms with van der Waals surface area (Å²) in [7, 11) is 0. The monoisotopic (exact) mass is 137 g/mol. The van der Waals surface area contributed by atoms with Gasteiger partial charge in [0.2, 0.25) is 5.88 Å². The quantitative estimate of drug-likeness (QED) is 0.609. The summed E-state index contributed by atoms with van der Waals surface area (Å²) in [6.45, 7) is 4.38. The molecule has 0 aliphatic heterocycles.